The van der Waals surface area contributed by atoms with Crippen LogP contribution in [0.4, 0.5) is 0 Å². The number of rotatable bonds is 4. The van der Waals surface area contributed by atoms with Gasteiger partial charge in [-0.3, -0.25) is 9.99 Å². The van der Waals surface area contributed by atoms with E-state index in [-0.39, 0.29) is 5.01 Å². The van der Waals surface area contributed by atoms with Crippen molar-refractivity contribution in [3.05, 3.63) is 24.0 Å². The molecule has 0 saturated carbocycles. The number of aromatic nitrogens is 1. The summed E-state index contributed by atoms with van der Waals surface area (Å²) in [6.45, 7) is 3.84. The maximum absolute atomic E-state index is 5.69. The quantitative estimate of drug-likeness (QED) is 0.750. The Balaban J connectivity index is 1.98. The molecular formula is C17H24BrN3O2. The lowest BCUT2D eigenvalue weighted by molar-refractivity contribution is 0.0351. The van der Waals surface area contributed by atoms with Crippen LogP contribution in [0.15, 0.2) is 23.4 Å². The fourth-order valence-electron chi connectivity index (χ4n) is 3.84. The number of halogens is 1. The smallest absolute Gasteiger partial charge is 0.140 e. The lowest BCUT2D eigenvalue weighted by Gasteiger charge is -2.36. The van der Waals surface area contributed by atoms with Crippen LogP contribution in [0.3, 0.4) is 0 Å². The molecule has 3 heterocycles. The van der Waals surface area contributed by atoms with Gasteiger partial charge in [0.15, 0.2) is 0 Å². The number of ether oxygens (including phenoxy) is 2. The van der Waals surface area contributed by atoms with E-state index in [1.54, 1.807) is 7.11 Å². The fraction of sp³-hybridized carbons (Fsp3) is 0.647. The minimum atomic E-state index is 0.120. The number of methoxy groups -OCH3 is 1. The summed E-state index contributed by atoms with van der Waals surface area (Å²) in [5.74, 6) is 2.03. The van der Waals surface area contributed by atoms with Crippen molar-refractivity contribution in [2.24, 2.45) is 16.9 Å². The van der Waals surface area contributed by atoms with Gasteiger partial charge in [-0.2, -0.15) is 5.10 Å². The van der Waals surface area contributed by atoms with Gasteiger partial charge in [0, 0.05) is 43.9 Å². The number of pyridine rings is 1. The van der Waals surface area contributed by atoms with Crippen molar-refractivity contribution < 1.29 is 9.47 Å². The van der Waals surface area contributed by atoms with Gasteiger partial charge < -0.3 is 9.47 Å². The molecule has 6 heteroatoms. The highest BCUT2D eigenvalue weighted by Crippen LogP contribution is 2.44. The Morgan fingerprint density at radius 1 is 1.48 bits per heavy atom. The summed E-state index contributed by atoms with van der Waals surface area (Å²) >= 11 is 3.63. The van der Waals surface area contributed by atoms with E-state index in [0.29, 0.717) is 17.8 Å². The predicted octanol–water partition coefficient (Wildman–Crippen LogP) is 3.26. The molecule has 0 aromatic carbocycles. The van der Waals surface area contributed by atoms with Crippen molar-refractivity contribution >= 4 is 21.6 Å². The van der Waals surface area contributed by atoms with Gasteiger partial charge >= 0.3 is 0 Å². The van der Waals surface area contributed by atoms with Crippen LogP contribution in [0.2, 0.25) is 0 Å². The third-order valence-corrected chi connectivity index (χ3v) is 5.52. The Morgan fingerprint density at radius 3 is 2.96 bits per heavy atom. The molecule has 0 bridgehead atoms. The molecule has 1 fully saturated rings. The van der Waals surface area contributed by atoms with Gasteiger partial charge in [0.25, 0.3) is 0 Å². The standard InChI is InChI=1S/C17H24BrN3O2/c1-11-13(10-21(2)20-11)16(12-6-8-23-15(18)9-12)17-14(22-3)5-4-7-19-17/h4-5,7,12-13,15-16H,6,8-10H2,1-3H3. The van der Waals surface area contributed by atoms with Gasteiger partial charge in [-0.05, 0) is 37.8 Å². The second-order valence-corrected chi connectivity index (χ2v) is 7.39. The first-order valence-corrected chi connectivity index (χ1v) is 9.02. The minimum absolute atomic E-state index is 0.120. The van der Waals surface area contributed by atoms with Crippen molar-refractivity contribution in [1.82, 2.24) is 9.99 Å². The summed E-state index contributed by atoms with van der Waals surface area (Å²) in [6, 6.07) is 3.93. The molecule has 0 spiro atoms. The molecule has 4 atom stereocenters. The Hall–Kier alpha value is -1.14. The maximum atomic E-state index is 5.69. The van der Waals surface area contributed by atoms with E-state index in [9.17, 15) is 0 Å². The van der Waals surface area contributed by atoms with Crippen LogP contribution in [-0.2, 0) is 4.74 Å². The Morgan fingerprint density at radius 2 is 2.30 bits per heavy atom. The lowest BCUT2D eigenvalue weighted by Crippen LogP contribution is -2.34. The molecular weight excluding hydrogens is 358 g/mol. The van der Waals surface area contributed by atoms with E-state index < -0.39 is 0 Å². The summed E-state index contributed by atoms with van der Waals surface area (Å²) in [7, 11) is 3.75. The Kier molecular flexibility index (Phi) is 5.21. The average Bonchev–Trinajstić information content (AvgIpc) is 2.87. The largest absolute Gasteiger partial charge is 0.495 e. The zero-order valence-electron chi connectivity index (χ0n) is 13.9. The molecule has 5 nitrogen and oxygen atoms in total. The predicted molar refractivity (Wildman–Crippen MR) is 94.2 cm³/mol. The van der Waals surface area contributed by atoms with Crippen LogP contribution in [-0.4, -0.2) is 48.0 Å². The van der Waals surface area contributed by atoms with Crippen molar-refractivity contribution in [1.29, 1.82) is 0 Å². The summed E-state index contributed by atoms with van der Waals surface area (Å²) in [4.78, 5) is 4.70. The van der Waals surface area contributed by atoms with Crippen LogP contribution in [0.25, 0.3) is 0 Å². The monoisotopic (exact) mass is 381 g/mol. The number of hydrogen-bond donors (Lipinski definition) is 0. The molecule has 0 amide bonds. The molecule has 2 aliphatic heterocycles. The number of alkyl halides is 1. The number of nitrogens with zero attached hydrogens (tertiary/aromatic N) is 3. The van der Waals surface area contributed by atoms with Crippen molar-refractivity contribution in [2.75, 3.05) is 27.3 Å². The van der Waals surface area contributed by atoms with E-state index in [2.05, 4.69) is 28.0 Å². The highest BCUT2D eigenvalue weighted by Gasteiger charge is 2.40. The average molecular weight is 382 g/mol. The normalized spacial score (nSPS) is 29.3. The van der Waals surface area contributed by atoms with Crippen molar-refractivity contribution in [3.8, 4) is 5.75 Å². The minimum Gasteiger partial charge on any atom is -0.495 e. The van der Waals surface area contributed by atoms with Gasteiger partial charge in [-0.15, -0.1) is 0 Å². The summed E-state index contributed by atoms with van der Waals surface area (Å²) in [5, 5.41) is 6.78. The summed E-state index contributed by atoms with van der Waals surface area (Å²) in [6.07, 6.45) is 3.89. The van der Waals surface area contributed by atoms with Crippen LogP contribution >= 0.6 is 15.9 Å². The molecule has 4 unspecified atom stereocenters. The third kappa shape index (κ3) is 3.53. The zero-order valence-corrected chi connectivity index (χ0v) is 15.5. The van der Waals surface area contributed by atoms with E-state index in [4.69, 9.17) is 14.5 Å². The van der Waals surface area contributed by atoms with Gasteiger partial charge in [-0.1, -0.05) is 15.9 Å². The molecule has 0 aliphatic carbocycles. The van der Waals surface area contributed by atoms with Gasteiger partial charge in [0.1, 0.15) is 10.8 Å². The first kappa shape index (κ1) is 16.7. The van der Waals surface area contributed by atoms with Crippen molar-refractivity contribution in [2.45, 2.75) is 30.7 Å². The molecule has 0 radical (unpaired) electrons. The van der Waals surface area contributed by atoms with Gasteiger partial charge in [0.05, 0.1) is 12.8 Å². The summed E-state index contributed by atoms with van der Waals surface area (Å²) in [5.41, 5.74) is 2.24. The third-order valence-electron chi connectivity index (χ3n) is 4.88. The molecule has 1 aromatic heterocycles. The number of hydrazone groups is 1. The molecule has 2 aliphatic rings. The summed E-state index contributed by atoms with van der Waals surface area (Å²) < 4.78 is 11.3. The fourth-order valence-corrected chi connectivity index (χ4v) is 4.51. The Bertz CT molecular complexity index is 581. The molecule has 23 heavy (non-hydrogen) atoms. The van der Waals surface area contributed by atoms with E-state index in [1.165, 1.54) is 5.71 Å². The van der Waals surface area contributed by atoms with Gasteiger partial charge in [-0.25, -0.2) is 0 Å². The van der Waals surface area contributed by atoms with Crippen LogP contribution in [0.5, 0.6) is 5.75 Å². The van der Waals surface area contributed by atoms with Crippen LogP contribution in [0.1, 0.15) is 31.4 Å². The first-order chi connectivity index (χ1) is 11.1. The van der Waals surface area contributed by atoms with Crippen molar-refractivity contribution in [3.63, 3.8) is 0 Å². The Labute approximate surface area is 146 Å². The molecule has 126 valence electrons. The highest BCUT2D eigenvalue weighted by atomic mass is 79.9. The molecule has 1 saturated heterocycles. The number of hydrogen-bond acceptors (Lipinski definition) is 5. The van der Waals surface area contributed by atoms with E-state index >= 15 is 0 Å². The second-order valence-electron chi connectivity index (χ2n) is 6.37. The SMILES string of the molecule is COc1cccnc1C(C1CCOC(Br)C1)C1CN(C)N=C1C. The van der Waals surface area contributed by atoms with Gasteiger partial charge in [0.2, 0.25) is 0 Å². The first-order valence-electron chi connectivity index (χ1n) is 8.11. The maximum Gasteiger partial charge on any atom is 0.140 e. The second kappa shape index (κ2) is 7.18. The molecule has 3 rings (SSSR count). The lowest BCUT2D eigenvalue weighted by atomic mass is 9.74. The topological polar surface area (TPSA) is 47.0 Å². The molecule has 0 N–H and O–H groups in total. The highest BCUT2D eigenvalue weighted by molar-refractivity contribution is 9.09. The molecule has 1 aromatic rings. The van der Waals surface area contributed by atoms with Crippen LogP contribution in [0, 0.1) is 11.8 Å². The van der Waals surface area contributed by atoms with E-state index in [1.807, 2.05) is 30.4 Å². The van der Waals surface area contributed by atoms with E-state index in [0.717, 1.165) is 37.4 Å². The zero-order chi connectivity index (χ0) is 16.4. The van der Waals surface area contributed by atoms with Crippen LogP contribution < -0.4 is 4.74 Å².